The van der Waals surface area contributed by atoms with Crippen LogP contribution in [0.3, 0.4) is 0 Å². The number of benzene rings is 1. The summed E-state index contributed by atoms with van der Waals surface area (Å²) in [7, 11) is 0. The van der Waals surface area contributed by atoms with Crippen LogP contribution in [0.2, 0.25) is 0 Å². The number of nitrogens with zero attached hydrogens (tertiary/aromatic N) is 2. The number of piperidine rings is 1. The Kier molecular flexibility index (Phi) is 4.05. The molecule has 5 nitrogen and oxygen atoms in total. The second-order valence-corrected chi connectivity index (χ2v) is 6.09. The van der Waals surface area contributed by atoms with E-state index >= 15 is 0 Å². The van der Waals surface area contributed by atoms with Crippen LogP contribution in [-0.2, 0) is 9.59 Å². The number of ether oxygens (including phenoxy) is 1. The molecule has 1 aromatic carbocycles. The molecule has 2 amide bonds. The number of amides is 2. The Morgan fingerprint density at radius 3 is 2.59 bits per heavy atom. The van der Waals surface area contributed by atoms with E-state index in [-0.39, 0.29) is 17.7 Å². The van der Waals surface area contributed by atoms with E-state index in [1.165, 1.54) is 0 Å². The smallest absolute Gasteiger partial charge is 0.230 e. The Morgan fingerprint density at radius 1 is 1.18 bits per heavy atom. The standard InChI is InChI=1S/C17H22N2O3/c1-12-3-4-16-15(11-12)19(9-10-22-16)17(21)14-5-7-18(8-6-14)13(2)20/h3-4,11,14H,5-10H2,1-2H3. The summed E-state index contributed by atoms with van der Waals surface area (Å²) in [6.45, 7) is 6.09. The van der Waals surface area contributed by atoms with Gasteiger partial charge in [0.25, 0.3) is 0 Å². The molecule has 118 valence electrons. The van der Waals surface area contributed by atoms with Gasteiger partial charge < -0.3 is 14.5 Å². The van der Waals surface area contributed by atoms with E-state index in [1.54, 1.807) is 6.92 Å². The lowest BCUT2D eigenvalue weighted by Crippen LogP contribution is -2.46. The third-order valence-corrected chi connectivity index (χ3v) is 4.53. The molecule has 2 heterocycles. The van der Waals surface area contributed by atoms with Crippen LogP contribution in [0.1, 0.15) is 25.3 Å². The van der Waals surface area contributed by atoms with Crippen molar-refractivity contribution in [2.75, 3.05) is 31.1 Å². The summed E-state index contributed by atoms with van der Waals surface area (Å²) in [6, 6.07) is 5.94. The quantitative estimate of drug-likeness (QED) is 0.797. The van der Waals surface area contributed by atoms with Crippen molar-refractivity contribution in [3.8, 4) is 5.75 Å². The molecule has 0 saturated carbocycles. The minimum absolute atomic E-state index is 0.00191. The zero-order valence-electron chi connectivity index (χ0n) is 13.2. The van der Waals surface area contributed by atoms with Crippen LogP contribution in [0.5, 0.6) is 5.75 Å². The van der Waals surface area contributed by atoms with Gasteiger partial charge in [0.2, 0.25) is 11.8 Å². The van der Waals surface area contributed by atoms with E-state index < -0.39 is 0 Å². The lowest BCUT2D eigenvalue weighted by Gasteiger charge is -2.36. The van der Waals surface area contributed by atoms with Crippen molar-refractivity contribution in [2.45, 2.75) is 26.7 Å². The van der Waals surface area contributed by atoms with Crippen molar-refractivity contribution < 1.29 is 14.3 Å². The average Bonchev–Trinajstić information content (AvgIpc) is 2.53. The molecule has 0 unspecified atom stereocenters. The van der Waals surface area contributed by atoms with Gasteiger partial charge in [0.05, 0.1) is 12.2 Å². The van der Waals surface area contributed by atoms with Crippen LogP contribution in [-0.4, -0.2) is 43.0 Å². The highest BCUT2D eigenvalue weighted by molar-refractivity contribution is 5.97. The number of fused-ring (bicyclic) bond motifs is 1. The third kappa shape index (κ3) is 2.80. The van der Waals surface area contributed by atoms with Gasteiger partial charge in [-0.15, -0.1) is 0 Å². The molecule has 0 bridgehead atoms. The fourth-order valence-corrected chi connectivity index (χ4v) is 3.22. The van der Waals surface area contributed by atoms with Gasteiger partial charge in [-0.1, -0.05) is 6.07 Å². The lowest BCUT2D eigenvalue weighted by molar-refractivity contribution is -0.133. The predicted molar refractivity (Wildman–Crippen MR) is 84.0 cm³/mol. The Labute approximate surface area is 130 Å². The van der Waals surface area contributed by atoms with Gasteiger partial charge in [0, 0.05) is 25.9 Å². The summed E-state index contributed by atoms with van der Waals surface area (Å²) in [5, 5.41) is 0. The summed E-state index contributed by atoms with van der Waals surface area (Å²) >= 11 is 0. The van der Waals surface area contributed by atoms with E-state index in [2.05, 4.69) is 0 Å². The fourth-order valence-electron chi connectivity index (χ4n) is 3.22. The first kappa shape index (κ1) is 14.9. The number of hydrogen-bond acceptors (Lipinski definition) is 3. The summed E-state index contributed by atoms with van der Waals surface area (Å²) in [5.74, 6) is 1.05. The first-order valence-electron chi connectivity index (χ1n) is 7.86. The van der Waals surface area contributed by atoms with Crippen LogP contribution in [0, 0.1) is 12.8 Å². The maximum absolute atomic E-state index is 12.9. The van der Waals surface area contributed by atoms with Crippen molar-refractivity contribution >= 4 is 17.5 Å². The number of anilines is 1. The molecule has 3 rings (SSSR count). The third-order valence-electron chi connectivity index (χ3n) is 4.53. The van der Waals surface area contributed by atoms with Crippen molar-refractivity contribution in [3.63, 3.8) is 0 Å². The molecule has 2 aliphatic rings. The Balaban J connectivity index is 1.74. The summed E-state index contributed by atoms with van der Waals surface area (Å²) < 4.78 is 5.65. The molecule has 0 aromatic heterocycles. The first-order chi connectivity index (χ1) is 10.6. The van der Waals surface area contributed by atoms with Gasteiger partial charge >= 0.3 is 0 Å². The highest BCUT2D eigenvalue weighted by Crippen LogP contribution is 2.34. The second kappa shape index (κ2) is 5.99. The van der Waals surface area contributed by atoms with Crippen LogP contribution in [0.25, 0.3) is 0 Å². The SMILES string of the molecule is CC(=O)N1CCC(C(=O)N2CCOc3ccc(C)cc32)CC1. The monoisotopic (exact) mass is 302 g/mol. The Bertz CT molecular complexity index is 592. The molecule has 0 aliphatic carbocycles. The summed E-state index contributed by atoms with van der Waals surface area (Å²) in [6.07, 6.45) is 1.49. The largest absolute Gasteiger partial charge is 0.490 e. The number of hydrogen-bond donors (Lipinski definition) is 0. The second-order valence-electron chi connectivity index (χ2n) is 6.09. The minimum atomic E-state index is 0.00191. The van der Waals surface area contributed by atoms with E-state index in [0.29, 0.717) is 26.2 Å². The number of aryl methyl sites for hydroxylation is 1. The van der Waals surface area contributed by atoms with Gasteiger partial charge in [-0.25, -0.2) is 0 Å². The lowest BCUT2D eigenvalue weighted by atomic mass is 9.94. The molecule has 0 atom stereocenters. The average molecular weight is 302 g/mol. The molecule has 0 spiro atoms. The van der Waals surface area contributed by atoms with E-state index in [1.807, 2.05) is 34.9 Å². The highest BCUT2D eigenvalue weighted by Gasteiger charge is 2.32. The molecule has 22 heavy (non-hydrogen) atoms. The Hall–Kier alpha value is -2.04. The first-order valence-corrected chi connectivity index (χ1v) is 7.86. The van der Waals surface area contributed by atoms with Crippen LogP contribution in [0.15, 0.2) is 18.2 Å². The normalized spacial score (nSPS) is 18.6. The number of carbonyl (C=O) groups is 2. The van der Waals surface area contributed by atoms with E-state index in [9.17, 15) is 9.59 Å². The van der Waals surface area contributed by atoms with Gasteiger partial charge in [-0.05, 0) is 37.5 Å². The fraction of sp³-hybridized carbons (Fsp3) is 0.529. The van der Waals surface area contributed by atoms with Crippen molar-refractivity contribution in [1.82, 2.24) is 4.90 Å². The van der Waals surface area contributed by atoms with E-state index in [4.69, 9.17) is 4.74 Å². The van der Waals surface area contributed by atoms with Crippen molar-refractivity contribution in [1.29, 1.82) is 0 Å². The number of carbonyl (C=O) groups excluding carboxylic acids is 2. The molecular formula is C17H22N2O3. The van der Waals surface area contributed by atoms with Crippen molar-refractivity contribution in [3.05, 3.63) is 23.8 Å². The molecule has 0 radical (unpaired) electrons. The number of likely N-dealkylation sites (tertiary alicyclic amines) is 1. The van der Waals surface area contributed by atoms with Gasteiger partial charge in [-0.2, -0.15) is 0 Å². The summed E-state index contributed by atoms with van der Waals surface area (Å²) in [5.41, 5.74) is 2.00. The molecule has 2 aliphatic heterocycles. The van der Waals surface area contributed by atoms with Crippen molar-refractivity contribution in [2.24, 2.45) is 5.92 Å². The van der Waals surface area contributed by atoms with Gasteiger partial charge in [0.15, 0.2) is 0 Å². The van der Waals surface area contributed by atoms with E-state index in [0.717, 1.165) is 29.8 Å². The number of rotatable bonds is 1. The zero-order chi connectivity index (χ0) is 15.7. The maximum atomic E-state index is 12.9. The molecule has 5 heteroatoms. The van der Waals surface area contributed by atoms with Gasteiger partial charge in [-0.3, -0.25) is 9.59 Å². The molecule has 1 fully saturated rings. The Morgan fingerprint density at radius 2 is 1.91 bits per heavy atom. The topological polar surface area (TPSA) is 49.9 Å². The zero-order valence-corrected chi connectivity index (χ0v) is 13.2. The highest BCUT2D eigenvalue weighted by atomic mass is 16.5. The predicted octanol–water partition coefficient (Wildman–Crippen LogP) is 1.98. The molecule has 1 saturated heterocycles. The van der Waals surface area contributed by atoms with Gasteiger partial charge in [0.1, 0.15) is 12.4 Å². The van der Waals surface area contributed by atoms with Crippen LogP contribution < -0.4 is 9.64 Å². The van der Waals surface area contributed by atoms with Crippen LogP contribution >= 0.6 is 0 Å². The molecule has 1 aromatic rings. The minimum Gasteiger partial charge on any atom is -0.490 e. The molecular weight excluding hydrogens is 280 g/mol. The van der Waals surface area contributed by atoms with Crippen LogP contribution in [0.4, 0.5) is 5.69 Å². The maximum Gasteiger partial charge on any atom is 0.230 e. The molecule has 0 N–H and O–H groups in total. The summed E-state index contributed by atoms with van der Waals surface area (Å²) in [4.78, 5) is 27.9.